The highest BCUT2D eigenvalue weighted by Gasteiger charge is 1.95. The molecule has 0 aliphatic rings. The van der Waals surface area contributed by atoms with Gasteiger partial charge in [-0.1, -0.05) is 18.1 Å². The van der Waals surface area contributed by atoms with Crippen LogP contribution in [0.4, 0.5) is 0 Å². The van der Waals surface area contributed by atoms with Crippen molar-refractivity contribution in [1.29, 1.82) is 0 Å². The first-order valence-electron chi connectivity index (χ1n) is 5.41. The van der Waals surface area contributed by atoms with Crippen LogP contribution >= 0.6 is 0 Å². The smallest absolute Gasteiger partial charge is 0.303 e. The number of aliphatic carboxylic acids is 1. The van der Waals surface area contributed by atoms with Crippen molar-refractivity contribution in [1.82, 2.24) is 5.32 Å². The van der Waals surface area contributed by atoms with Crippen molar-refractivity contribution in [2.45, 2.75) is 39.5 Å². The van der Waals surface area contributed by atoms with Crippen LogP contribution in [0.5, 0.6) is 0 Å². The van der Waals surface area contributed by atoms with Crippen molar-refractivity contribution < 1.29 is 9.90 Å². The summed E-state index contributed by atoms with van der Waals surface area (Å²) in [4.78, 5) is 10.2. The average Bonchev–Trinajstić information content (AvgIpc) is 2.21. The molecule has 0 aliphatic carbocycles. The zero-order valence-corrected chi connectivity index (χ0v) is 9.62. The molecular formula is C12H21NO2. The Kier molecular flexibility index (Phi) is 8.53. The lowest BCUT2D eigenvalue weighted by Gasteiger charge is -2.00. The summed E-state index contributed by atoms with van der Waals surface area (Å²) in [5.74, 6) is -0.702. The topological polar surface area (TPSA) is 49.3 Å². The molecule has 0 aromatic carbocycles. The van der Waals surface area contributed by atoms with Crippen LogP contribution in [0, 0.1) is 0 Å². The van der Waals surface area contributed by atoms with E-state index in [1.807, 2.05) is 32.2 Å². The second kappa shape index (κ2) is 9.31. The van der Waals surface area contributed by atoms with Crippen LogP contribution in [0.2, 0.25) is 0 Å². The number of carboxylic acids is 1. The van der Waals surface area contributed by atoms with E-state index in [0.717, 1.165) is 25.8 Å². The molecule has 0 saturated carbocycles. The third kappa shape index (κ3) is 10.7. The Morgan fingerprint density at radius 2 is 2.07 bits per heavy atom. The number of carbonyl (C=O) groups is 1. The first kappa shape index (κ1) is 13.8. The van der Waals surface area contributed by atoms with Gasteiger partial charge in [-0.3, -0.25) is 4.79 Å². The lowest BCUT2D eigenvalue weighted by atomic mass is 10.2. The van der Waals surface area contributed by atoms with E-state index in [1.165, 1.54) is 5.57 Å². The molecule has 0 fully saturated rings. The Hall–Kier alpha value is -1.25. The fourth-order valence-corrected chi connectivity index (χ4v) is 1.05. The maximum absolute atomic E-state index is 10.2. The Bertz CT molecular complexity index is 232. The van der Waals surface area contributed by atoms with E-state index in [4.69, 9.17) is 5.11 Å². The van der Waals surface area contributed by atoms with Crippen molar-refractivity contribution in [2.75, 3.05) is 6.54 Å². The monoisotopic (exact) mass is 211 g/mol. The van der Waals surface area contributed by atoms with Crippen molar-refractivity contribution in [2.24, 2.45) is 0 Å². The number of rotatable bonds is 8. The van der Waals surface area contributed by atoms with Crippen LogP contribution < -0.4 is 5.32 Å². The van der Waals surface area contributed by atoms with Crippen LogP contribution in [0.25, 0.3) is 0 Å². The van der Waals surface area contributed by atoms with Gasteiger partial charge in [0, 0.05) is 13.0 Å². The third-order valence-corrected chi connectivity index (χ3v) is 2.13. The van der Waals surface area contributed by atoms with E-state index >= 15 is 0 Å². The quantitative estimate of drug-likeness (QED) is 0.479. The Balaban J connectivity index is 3.25. The van der Waals surface area contributed by atoms with E-state index in [-0.39, 0.29) is 6.42 Å². The summed E-state index contributed by atoms with van der Waals surface area (Å²) in [5, 5.41) is 11.6. The molecule has 0 heterocycles. The molecule has 0 aromatic heterocycles. The molecule has 0 unspecified atom stereocenters. The summed E-state index contributed by atoms with van der Waals surface area (Å²) in [5.41, 5.74) is 1.23. The van der Waals surface area contributed by atoms with E-state index in [0.29, 0.717) is 0 Å². The minimum atomic E-state index is -0.702. The van der Waals surface area contributed by atoms with Gasteiger partial charge in [0.15, 0.2) is 0 Å². The lowest BCUT2D eigenvalue weighted by Crippen LogP contribution is -2.06. The van der Waals surface area contributed by atoms with Gasteiger partial charge < -0.3 is 10.4 Å². The van der Waals surface area contributed by atoms with Gasteiger partial charge in [-0.25, -0.2) is 0 Å². The van der Waals surface area contributed by atoms with E-state index in [2.05, 4.69) is 5.32 Å². The van der Waals surface area contributed by atoms with Crippen LogP contribution in [0.1, 0.15) is 39.5 Å². The first-order valence-corrected chi connectivity index (χ1v) is 5.41. The molecule has 3 nitrogen and oxygen atoms in total. The SMILES string of the molecule is C/C=C(C)\C=C/NCCCCCC(=O)O. The third-order valence-electron chi connectivity index (χ3n) is 2.13. The molecule has 15 heavy (non-hydrogen) atoms. The molecule has 3 heteroatoms. The molecule has 0 amide bonds. The molecule has 0 saturated heterocycles. The molecule has 0 spiro atoms. The van der Waals surface area contributed by atoms with E-state index < -0.39 is 5.97 Å². The van der Waals surface area contributed by atoms with Crippen molar-refractivity contribution in [3.63, 3.8) is 0 Å². The highest BCUT2D eigenvalue weighted by molar-refractivity contribution is 5.66. The summed E-state index contributed by atoms with van der Waals surface area (Å²) in [6, 6.07) is 0. The predicted octanol–water partition coefficient (Wildman–Crippen LogP) is 2.70. The van der Waals surface area contributed by atoms with Gasteiger partial charge in [0.05, 0.1) is 0 Å². The first-order chi connectivity index (χ1) is 7.16. The summed E-state index contributed by atoms with van der Waals surface area (Å²) >= 11 is 0. The number of hydrogen-bond acceptors (Lipinski definition) is 2. The molecule has 0 bridgehead atoms. The molecule has 2 N–H and O–H groups in total. The van der Waals surface area contributed by atoms with Crippen LogP contribution in [0.3, 0.4) is 0 Å². The Morgan fingerprint density at radius 1 is 1.33 bits per heavy atom. The number of carboxylic acid groups (broad SMARTS) is 1. The summed E-state index contributed by atoms with van der Waals surface area (Å²) in [6.45, 7) is 4.96. The molecular weight excluding hydrogens is 190 g/mol. The highest BCUT2D eigenvalue weighted by atomic mass is 16.4. The maximum Gasteiger partial charge on any atom is 0.303 e. The lowest BCUT2D eigenvalue weighted by molar-refractivity contribution is -0.137. The minimum absolute atomic E-state index is 0.285. The summed E-state index contributed by atoms with van der Waals surface area (Å²) < 4.78 is 0. The summed E-state index contributed by atoms with van der Waals surface area (Å²) in [6.07, 6.45) is 9.05. The normalized spacial score (nSPS) is 12.0. The molecule has 0 aromatic rings. The van der Waals surface area contributed by atoms with E-state index in [9.17, 15) is 4.79 Å². The average molecular weight is 211 g/mol. The number of allylic oxidation sites excluding steroid dienone is 3. The Morgan fingerprint density at radius 3 is 2.67 bits per heavy atom. The Labute approximate surface area is 91.9 Å². The minimum Gasteiger partial charge on any atom is -0.481 e. The van der Waals surface area contributed by atoms with Gasteiger partial charge in [0.2, 0.25) is 0 Å². The van der Waals surface area contributed by atoms with Gasteiger partial charge in [0.25, 0.3) is 0 Å². The standard InChI is InChI=1S/C12H21NO2/c1-3-11(2)8-10-13-9-6-4-5-7-12(14)15/h3,8,10,13H,4-7,9H2,1-2H3,(H,14,15)/b10-8-,11-3-. The van der Waals surface area contributed by atoms with E-state index in [1.54, 1.807) is 0 Å². The molecule has 0 atom stereocenters. The second-order valence-corrected chi connectivity index (χ2v) is 3.52. The maximum atomic E-state index is 10.2. The van der Waals surface area contributed by atoms with Crippen LogP contribution in [-0.2, 0) is 4.79 Å². The molecule has 0 rings (SSSR count). The highest BCUT2D eigenvalue weighted by Crippen LogP contribution is 1.98. The van der Waals surface area contributed by atoms with Crippen molar-refractivity contribution in [3.8, 4) is 0 Å². The largest absolute Gasteiger partial charge is 0.481 e. The zero-order chi connectivity index (χ0) is 11.5. The molecule has 86 valence electrons. The fraction of sp³-hybridized carbons (Fsp3) is 0.583. The molecule has 0 aliphatic heterocycles. The van der Waals surface area contributed by atoms with Crippen molar-refractivity contribution in [3.05, 3.63) is 23.9 Å². The van der Waals surface area contributed by atoms with Crippen LogP contribution in [-0.4, -0.2) is 17.6 Å². The number of hydrogen-bond donors (Lipinski definition) is 2. The van der Waals surface area contributed by atoms with Gasteiger partial charge >= 0.3 is 5.97 Å². The van der Waals surface area contributed by atoms with Gasteiger partial charge in [0.1, 0.15) is 0 Å². The van der Waals surface area contributed by atoms with Gasteiger partial charge in [-0.15, -0.1) is 0 Å². The van der Waals surface area contributed by atoms with Crippen LogP contribution in [0.15, 0.2) is 23.9 Å². The zero-order valence-electron chi connectivity index (χ0n) is 9.62. The van der Waals surface area contributed by atoms with Gasteiger partial charge in [-0.05, 0) is 39.0 Å². The number of unbranched alkanes of at least 4 members (excludes halogenated alkanes) is 2. The predicted molar refractivity (Wildman–Crippen MR) is 62.7 cm³/mol. The molecule has 0 radical (unpaired) electrons. The van der Waals surface area contributed by atoms with Gasteiger partial charge in [-0.2, -0.15) is 0 Å². The summed E-state index contributed by atoms with van der Waals surface area (Å²) in [7, 11) is 0. The fourth-order valence-electron chi connectivity index (χ4n) is 1.05. The number of nitrogens with one attached hydrogen (secondary N) is 1. The van der Waals surface area contributed by atoms with Crippen molar-refractivity contribution >= 4 is 5.97 Å². The second-order valence-electron chi connectivity index (χ2n) is 3.52.